The largest absolute Gasteiger partial charge is 0.0654 e. The van der Waals surface area contributed by atoms with Gasteiger partial charge in [0, 0.05) is 5.41 Å². The average molecular weight is 573 g/mol. The molecule has 2 aromatic carbocycles. The molecule has 0 heteroatoms. The van der Waals surface area contributed by atoms with E-state index in [-0.39, 0.29) is 5.41 Å². The fourth-order valence-corrected chi connectivity index (χ4v) is 7.58. The van der Waals surface area contributed by atoms with Crippen LogP contribution in [0.25, 0.3) is 0 Å². The molecule has 0 bridgehead atoms. The van der Waals surface area contributed by atoms with Crippen LogP contribution in [-0.4, -0.2) is 0 Å². The molecule has 236 valence electrons. The van der Waals surface area contributed by atoms with Gasteiger partial charge in [0.1, 0.15) is 0 Å². The van der Waals surface area contributed by atoms with Gasteiger partial charge in [-0.3, -0.25) is 0 Å². The van der Waals surface area contributed by atoms with Crippen LogP contribution < -0.4 is 0 Å². The second-order valence-corrected chi connectivity index (χ2v) is 14.0. The maximum absolute atomic E-state index is 2.68. The van der Waals surface area contributed by atoms with Crippen LogP contribution in [-0.2, 0) is 31.1 Å². The average Bonchev–Trinajstić information content (AvgIpc) is 3.02. The summed E-state index contributed by atoms with van der Waals surface area (Å²) in [6.45, 7) is 9.32. The van der Waals surface area contributed by atoms with Crippen molar-refractivity contribution in [3.63, 3.8) is 0 Å². The molecule has 0 atom stereocenters. The van der Waals surface area contributed by atoms with Crippen molar-refractivity contribution in [1.29, 1.82) is 0 Å². The van der Waals surface area contributed by atoms with Gasteiger partial charge < -0.3 is 0 Å². The highest BCUT2D eigenvalue weighted by molar-refractivity contribution is 5.46. The zero-order valence-corrected chi connectivity index (χ0v) is 28.6. The first-order valence-corrected chi connectivity index (χ1v) is 18.9. The van der Waals surface area contributed by atoms with Crippen LogP contribution in [0.1, 0.15) is 196 Å². The van der Waals surface area contributed by atoms with E-state index in [1.54, 1.807) is 33.4 Å². The molecule has 1 aliphatic rings. The highest BCUT2D eigenvalue weighted by atomic mass is 14.4. The molecule has 0 saturated heterocycles. The highest BCUT2D eigenvalue weighted by Gasteiger charge is 2.36. The molecule has 1 saturated carbocycles. The fraction of sp³-hybridized carbons (Fsp3) is 0.714. The Kier molecular flexibility index (Phi) is 17.0. The number of hydrogen-bond acceptors (Lipinski definition) is 0. The quantitative estimate of drug-likeness (QED) is 0.123. The van der Waals surface area contributed by atoms with E-state index in [2.05, 4.69) is 64.1 Å². The van der Waals surface area contributed by atoms with Gasteiger partial charge in [0.05, 0.1) is 0 Å². The van der Waals surface area contributed by atoms with Gasteiger partial charge in [0.25, 0.3) is 0 Å². The minimum absolute atomic E-state index is 0.202. The normalized spacial score (nSPS) is 14.9. The molecule has 0 N–H and O–H groups in total. The van der Waals surface area contributed by atoms with Crippen molar-refractivity contribution in [2.24, 2.45) is 0 Å². The maximum atomic E-state index is 2.68. The summed E-state index contributed by atoms with van der Waals surface area (Å²) in [4.78, 5) is 0. The first-order valence-electron chi connectivity index (χ1n) is 18.9. The van der Waals surface area contributed by atoms with Crippen LogP contribution in [0.3, 0.4) is 0 Å². The van der Waals surface area contributed by atoms with Crippen LogP contribution in [0.15, 0.2) is 36.4 Å². The van der Waals surface area contributed by atoms with E-state index in [0.29, 0.717) is 0 Å². The summed E-state index contributed by atoms with van der Waals surface area (Å²) in [6, 6.07) is 15.9. The van der Waals surface area contributed by atoms with E-state index in [0.717, 1.165) is 0 Å². The number of rotatable bonds is 22. The standard InChI is InChI=1S/C42H68/c1-5-9-13-18-24-36-30-37(25-19-14-10-6-2)33-40(32-36)42(28-22-17-23-29-42)41-34-38(26-20-15-11-7-3)31-39(35-41)27-21-16-12-8-4/h30-35H,5-29H2,1-4H3. The third-order valence-corrected chi connectivity index (χ3v) is 10.2. The SMILES string of the molecule is CCCCCCc1cc(CCCCCC)cc(C2(c3cc(CCCCCC)cc(CCCCCC)c3)CCCCC2)c1. The van der Waals surface area contributed by atoms with E-state index in [4.69, 9.17) is 0 Å². The van der Waals surface area contributed by atoms with Crippen molar-refractivity contribution in [2.75, 3.05) is 0 Å². The zero-order valence-electron chi connectivity index (χ0n) is 28.6. The second-order valence-electron chi connectivity index (χ2n) is 14.0. The van der Waals surface area contributed by atoms with E-state index in [1.165, 1.54) is 161 Å². The highest BCUT2D eigenvalue weighted by Crippen LogP contribution is 2.46. The predicted molar refractivity (Wildman–Crippen MR) is 188 cm³/mol. The van der Waals surface area contributed by atoms with E-state index in [9.17, 15) is 0 Å². The number of hydrogen-bond donors (Lipinski definition) is 0. The minimum Gasteiger partial charge on any atom is -0.0654 e. The Morgan fingerprint density at radius 3 is 0.976 bits per heavy atom. The lowest BCUT2D eigenvalue weighted by Gasteiger charge is -2.40. The Hall–Kier alpha value is -1.56. The van der Waals surface area contributed by atoms with E-state index in [1.807, 2.05) is 0 Å². The summed E-state index contributed by atoms with van der Waals surface area (Å²) >= 11 is 0. The molecule has 3 rings (SSSR count). The lowest BCUT2D eigenvalue weighted by molar-refractivity contribution is 0.345. The van der Waals surface area contributed by atoms with Crippen molar-refractivity contribution in [3.8, 4) is 0 Å². The number of unbranched alkanes of at least 4 members (excludes halogenated alkanes) is 12. The first kappa shape index (κ1) is 34.9. The molecule has 0 unspecified atom stereocenters. The fourth-order valence-electron chi connectivity index (χ4n) is 7.58. The van der Waals surface area contributed by atoms with Crippen molar-refractivity contribution < 1.29 is 0 Å². The van der Waals surface area contributed by atoms with Crippen LogP contribution >= 0.6 is 0 Å². The molecule has 0 aromatic heterocycles. The molecule has 0 radical (unpaired) electrons. The van der Waals surface area contributed by atoms with Crippen molar-refractivity contribution >= 4 is 0 Å². The molecule has 1 aliphatic carbocycles. The summed E-state index contributed by atoms with van der Waals surface area (Å²) in [5.41, 5.74) is 10.0. The molecule has 0 amide bonds. The van der Waals surface area contributed by atoms with Crippen molar-refractivity contribution in [3.05, 3.63) is 69.8 Å². The molecule has 0 nitrogen and oxygen atoms in total. The van der Waals surface area contributed by atoms with Gasteiger partial charge in [-0.15, -0.1) is 0 Å². The van der Waals surface area contributed by atoms with Gasteiger partial charge >= 0.3 is 0 Å². The summed E-state index contributed by atoms with van der Waals surface area (Å²) < 4.78 is 0. The molecular weight excluding hydrogens is 504 g/mol. The Morgan fingerprint density at radius 2 is 0.690 bits per heavy atom. The van der Waals surface area contributed by atoms with Crippen LogP contribution in [0.2, 0.25) is 0 Å². The van der Waals surface area contributed by atoms with Crippen molar-refractivity contribution in [2.45, 2.75) is 194 Å². The summed E-state index contributed by atoms with van der Waals surface area (Å²) in [6.07, 6.45) is 33.5. The summed E-state index contributed by atoms with van der Waals surface area (Å²) in [7, 11) is 0. The zero-order chi connectivity index (χ0) is 29.9. The summed E-state index contributed by atoms with van der Waals surface area (Å²) in [5.74, 6) is 0. The molecule has 42 heavy (non-hydrogen) atoms. The third kappa shape index (κ3) is 11.5. The first-order chi connectivity index (χ1) is 20.6. The summed E-state index contributed by atoms with van der Waals surface area (Å²) in [5, 5.41) is 0. The lowest BCUT2D eigenvalue weighted by atomic mass is 9.64. The van der Waals surface area contributed by atoms with Crippen LogP contribution in [0.4, 0.5) is 0 Å². The minimum atomic E-state index is 0.202. The van der Waals surface area contributed by atoms with Gasteiger partial charge in [0.2, 0.25) is 0 Å². The molecule has 0 aliphatic heterocycles. The smallest absolute Gasteiger partial charge is 0.0203 e. The number of aryl methyl sites for hydroxylation is 4. The molecule has 0 spiro atoms. The van der Waals surface area contributed by atoms with Crippen LogP contribution in [0.5, 0.6) is 0 Å². The molecule has 1 fully saturated rings. The Labute approximate surface area is 262 Å². The topological polar surface area (TPSA) is 0 Å². The van der Waals surface area contributed by atoms with Gasteiger partial charge in [-0.1, -0.05) is 160 Å². The van der Waals surface area contributed by atoms with E-state index >= 15 is 0 Å². The molecular formula is C42H68. The van der Waals surface area contributed by atoms with Crippen molar-refractivity contribution in [1.82, 2.24) is 0 Å². The Morgan fingerprint density at radius 1 is 0.381 bits per heavy atom. The second kappa shape index (κ2) is 20.4. The molecule has 0 heterocycles. The predicted octanol–water partition coefficient (Wildman–Crippen LogP) is 13.4. The molecule has 2 aromatic rings. The maximum Gasteiger partial charge on any atom is 0.0203 e. The van der Waals surface area contributed by atoms with Gasteiger partial charge in [-0.05, 0) is 97.6 Å². The van der Waals surface area contributed by atoms with Crippen LogP contribution in [0, 0.1) is 0 Å². The Balaban J connectivity index is 2.00. The monoisotopic (exact) mass is 573 g/mol. The van der Waals surface area contributed by atoms with E-state index < -0.39 is 0 Å². The number of benzene rings is 2. The van der Waals surface area contributed by atoms with Gasteiger partial charge in [0.15, 0.2) is 0 Å². The van der Waals surface area contributed by atoms with Gasteiger partial charge in [-0.2, -0.15) is 0 Å². The third-order valence-electron chi connectivity index (χ3n) is 10.2. The van der Waals surface area contributed by atoms with Gasteiger partial charge in [-0.25, -0.2) is 0 Å². The Bertz CT molecular complexity index is 842. The lowest BCUT2D eigenvalue weighted by Crippen LogP contribution is -2.31.